The zero-order chi connectivity index (χ0) is 7.56. The van der Waals surface area contributed by atoms with Gasteiger partial charge in [-0.1, -0.05) is 11.8 Å². The SMILES string of the molecule is O=C1C=CC(=O)C(P=S)=C1. The van der Waals surface area contributed by atoms with Gasteiger partial charge in [-0.15, -0.1) is 0 Å². The van der Waals surface area contributed by atoms with Crippen LogP contribution in [0.2, 0.25) is 0 Å². The zero-order valence-corrected chi connectivity index (χ0v) is 6.61. The van der Waals surface area contributed by atoms with Gasteiger partial charge in [0.2, 0.25) is 0 Å². The summed E-state index contributed by atoms with van der Waals surface area (Å²) in [5, 5.41) is 0.391. The fourth-order valence-electron chi connectivity index (χ4n) is 0.569. The van der Waals surface area contributed by atoms with E-state index in [9.17, 15) is 9.59 Å². The highest BCUT2D eigenvalue weighted by Gasteiger charge is 2.09. The van der Waals surface area contributed by atoms with E-state index >= 15 is 0 Å². The molecule has 0 aromatic rings. The van der Waals surface area contributed by atoms with Crippen LogP contribution in [0.25, 0.3) is 0 Å². The summed E-state index contributed by atoms with van der Waals surface area (Å²) in [5.74, 6) is -0.316. The van der Waals surface area contributed by atoms with Gasteiger partial charge in [-0.05, 0) is 12.2 Å². The van der Waals surface area contributed by atoms with Crippen LogP contribution in [-0.2, 0) is 21.4 Å². The van der Waals surface area contributed by atoms with E-state index in [1.54, 1.807) is 0 Å². The third kappa shape index (κ3) is 1.43. The van der Waals surface area contributed by atoms with Crippen LogP contribution in [0.5, 0.6) is 0 Å². The number of hydrogen-bond acceptors (Lipinski definition) is 3. The first-order valence-corrected chi connectivity index (χ1v) is 4.46. The van der Waals surface area contributed by atoms with Gasteiger partial charge >= 0.3 is 0 Å². The van der Waals surface area contributed by atoms with E-state index in [-0.39, 0.29) is 11.6 Å². The molecule has 0 radical (unpaired) electrons. The highest BCUT2D eigenvalue weighted by molar-refractivity contribution is 7.98. The van der Waals surface area contributed by atoms with Gasteiger partial charge in [0, 0.05) is 13.4 Å². The van der Waals surface area contributed by atoms with Crippen LogP contribution in [0.15, 0.2) is 23.5 Å². The second-order valence-electron chi connectivity index (χ2n) is 1.72. The minimum atomic E-state index is -0.160. The third-order valence-corrected chi connectivity index (χ3v) is 2.17. The summed E-state index contributed by atoms with van der Waals surface area (Å²) < 4.78 is 0. The Hall–Kier alpha value is -0.660. The van der Waals surface area contributed by atoms with Gasteiger partial charge in [0.05, 0.1) is 5.31 Å². The summed E-state index contributed by atoms with van der Waals surface area (Å²) in [5.41, 5.74) is 0. The normalized spacial score (nSPS) is 17.8. The second kappa shape index (κ2) is 2.95. The van der Waals surface area contributed by atoms with Crippen LogP contribution < -0.4 is 0 Å². The molecular formula is C6H3O2PS. The van der Waals surface area contributed by atoms with Crippen LogP contribution in [0, 0.1) is 0 Å². The quantitative estimate of drug-likeness (QED) is 0.434. The Morgan fingerprint density at radius 1 is 1.30 bits per heavy atom. The average molecular weight is 170 g/mol. The maximum absolute atomic E-state index is 10.8. The lowest BCUT2D eigenvalue weighted by Crippen LogP contribution is -2.02. The predicted molar refractivity (Wildman–Crippen MR) is 41.5 cm³/mol. The molecule has 0 aliphatic heterocycles. The molecule has 1 aliphatic rings. The monoisotopic (exact) mass is 170 g/mol. The second-order valence-corrected chi connectivity index (χ2v) is 2.93. The number of rotatable bonds is 1. The van der Waals surface area contributed by atoms with Crippen molar-refractivity contribution < 1.29 is 9.59 Å². The van der Waals surface area contributed by atoms with Crippen molar-refractivity contribution in [1.29, 1.82) is 0 Å². The van der Waals surface area contributed by atoms with Gasteiger partial charge in [0.15, 0.2) is 11.6 Å². The van der Waals surface area contributed by atoms with E-state index in [1.165, 1.54) is 18.2 Å². The average Bonchev–Trinajstić information content (AvgIpc) is 1.94. The standard InChI is InChI=1S/C6H3O2PS/c7-4-1-2-5(8)6(3-4)9-10/h1-3H. The number of hydrogen-bond donors (Lipinski definition) is 0. The molecule has 0 spiro atoms. The maximum Gasteiger partial charge on any atom is 0.191 e. The zero-order valence-electron chi connectivity index (χ0n) is 4.90. The summed E-state index contributed by atoms with van der Waals surface area (Å²) in [4.78, 5) is 21.4. The molecule has 50 valence electrons. The molecule has 0 aromatic heterocycles. The van der Waals surface area contributed by atoms with Crippen molar-refractivity contribution in [3.05, 3.63) is 23.5 Å². The Bertz CT molecular complexity index is 265. The molecule has 0 atom stereocenters. The molecule has 0 saturated carbocycles. The molecule has 0 fully saturated rings. The lowest BCUT2D eigenvalue weighted by Gasteiger charge is -1.96. The molecule has 2 nitrogen and oxygen atoms in total. The molecule has 10 heavy (non-hydrogen) atoms. The largest absolute Gasteiger partial charge is 0.290 e. The van der Waals surface area contributed by atoms with Gasteiger partial charge < -0.3 is 0 Å². The molecule has 0 aromatic carbocycles. The van der Waals surface area contributed by atoms with Gasteiger partial charge in [0.1, 0.15) is 0 Å². The smallest absolute Gasteiger partial charge is 0.191 e. The summed E-state index contributed by atoms with van der Waals surface area (Å²) in [7, 11) is 0.438. The van der Waals surface area contributed by atoms with E-state index in [1.807, 2.05) is 0 Å². The lowest BCUT2D eigenvalue weighted by molar-refractivity contribution is -0.114. The van der Waals surface area contributed by atoms with Gasteiger partial charge in [-0.2, -0.15) is 0 Å². The van der Waals surface area contributed by atoms with Crippen LogP contribution in [0.3, 0.4) is 0 Å². The first-order valence-electron chi connectivity index (χ1n) is 2.55. The van der Waals surface area contributed by atoms with Gasteiger partial charge in [0.25, 0.3) is 0 Å². The van der Waals surface area contributed by atoms with E-state index in [4.69, 9.17) is 0 Å². The number of carbonyl (C=O) groups is 2. The van der Waals surface area contributed by atoms with Crippen LogP contribution in [-0.4, -0.2) is 11.6 Å². The first kappa shape index (κ1) is 7.45. The van der Waals surface area contributed by atoms with Crippen molar-refractivity contribution in [3.63, 3.8) is 0 Å². The van der Waals surface area contributed by atoms with Crippen LogP contribution in [0.4, 0.5) is 0 Å². The maximum atomic E-state index is 10.8. The van der Waals surface area contributed by atoms with Crippen molar-refractivity contribution >= 4 is 30.7 Å². The fourth-order valence-corrected chi connectivity index (χ4v) is 1.34. The van der Waals surface area contributed by atoms with Crippen molar-refractivity contribution in [3.8, 4) is 0 Å². The topological polar surface area (TPSA) is 34.1 Å². The molecule has 0 saturated heterocycles. The minimum absolute atomic E-state index is 0.156. The van der Waals surface area contributed by atoms with E-state index in [0.717, 1.165) is 0 Å². The number of allylic oxidation sites excluding steroid dienone is 4. The van der Waals surface area contributed by atoms with E-state index in [2.05, 4.69) is 11.8 Å². The highest BCUT2D eigenvalue weighted by atomic mass is 32.4. The summed E-state index contributed by atoms with van der Waals surface area (Å²) in [6.07, 6.45) is 3.76. The predicted octanol–water partition coefficient (Wildman–Crippen LogP) is 0.986. The minimum Gasteiger partial charge on any atom is -0.290 e. The third-order valence-electron chi connectivity index (χ3n) is 1.03. The Labute approximate surface area is 64.5 Å². The lowest BCUT2D eigenvalue weighted by atomic mass is 10.2. The van der Waals surface area contributed by atoms with Crippen LogP contribution >= 0.6 is 7.36 Å². The van der Waals surface area contributed by atoms with E-state index < -0.39 is 0 Å². The Morgan fingerprint density at radius 3 is 2.50 bits per heavy atom. The molecule has 0 heterocycles. The first-order chi connectivity index (χ1) is 4.74. The molecule has 1 aliphatic carbocycles. The highest BCUT2D eigenvalue weighted by Crippen LogP contribution is 2.16. The Kier molecular flexibility index (Phi) is 2.20. The van der Waals surface area contributed by atoms with E-state index in [0.29, 0.717) is 12.7 Å². The van der Waals surface area contributed by atoms with Crippen LogP contribution in [0.1, 0.15) is 0 Å². The van der Waals surface area contributed by atoms with Gasteiger partial charge in [-0.25, -0.2) is 0 Å². The molecule has 4 heteroatoms. The number of carbonyl (C=O) groups excluding carboxylic acids is 2. The molecule has 0 unspecified atom stereocenters. The summed E-state index contributed by atoms with van der Waals surface area (Å²) in [6, 6.07) is 0. The van der Waals surface area contributed by atoms with Crippen molar-refractivity contribution in [2.75, 3.05) is 0 Å². The van der Waals surface area contributed by atoms with Gasteiger partial charge in [-0.3, -0.25) is 9.59 Å². The summed E-state index contributed by atoms with van der Waals surface area (Å²) >= 11 is 4.60. The van der Waals surface area contributed by atoms with Crippen molar-refractivity contribution in [2.24, 2.45) is 0 Å². The fraction of sp³-hybridized carbons (Fsp3) is 0. The molecule has 1 rings (SSSR count). The Morgan fingerprint density at radius 2 is 2.00 bits per heavy atom. The number of ketones is 2. The molecular weight excluding hydrogens is 167 g/mol. The molecule has 0 bridgehead atoms. The van der Waals surface area contributed by atoms with Crippen molar-refractivity contribution in [1.82, 2.24) is 0 Å². The molecule has 0 amide bonds. The Balaban J connectivity index is 3.00. The summed E-state index contributed by atoms with van der Waals surface area (Å²) in [6.45, 7) is 0. The molecule has 0 N–H and O–H groups in total. The van der Waals surface area contributed by atoms with Crippen molar-refractivity contribution in [2.45, 2.75) is 0 Å².